The lowest BCUT2D eigenvalue weighted by Gasteiger charge is -2.14. The molecule has 0 bridgehead atoms. The number of esters is 1. The second-order valence-corrected chi connectivity index (χ2v) is 5.02. The van der Waals surface area contributed by atoms with Gasteiger partial charge >= 0.3 is 12.1 Å². The summed E-state index contributed by atoms with van der Waals surface area (Å²) in [6.45, 7) is 2.06. The molecule has 2 rings (SSSR count). The number of nitrogens with zero attached hydrogens (tertiary/aromatic N) is 2. The highest BCUT2D eigenvalue weighted by molar-refractivity contribution is 5.91. The second-order valence-electron chi connectivity index (χ2n) is 5.02. The molecule has 1 heterocycles. The lowest BCUT2D eigenvalue weighted by atomic mass is 10.2. The Balaban J connectivity index is 2.46. The number of anilines is 3. The van der Waals surface area contributed by atoms with E-state index in [0.29, 0.717) is 12.3 Å². The van der Waals surface area contributed by atoms with Crippen LogP contribution in [0, 0.1) is 0 Å². The third-order valence-corrected chi connectivity index (χ3v) is 3.23. The first kappa shape index (κ1) is 19.3. The largest absolute Gasteiger partial charge is 0.495 e. The van der Waals surface area contributed by atoms with Gasteiger partial charge in [-0.1, -0.05) is 0 Å². The summed E-state index contributed by atoms with van der Waals surface area (Å²) in [7, 11) is 2.62. The molecule has 0 saturated carbocycles. The number of ether oxygens (including phenoxy) is 2. The molecule has 0 amide bonds. The topological polar surface area (TPSA) is 85.4 Å². The van der Waals surface area contributed by atoms with Crippen LogP contribution in [0.4, 0.5) is 30.6 Å². The molecule has 1 aromatic heterocycles. The van der Waals surface area contributed by atoms with Gasteiger partial charge in [-0.25, -0.2) is 9.78 Å². The summed E-state index contributed by atoms with van der Waals surface area (Å²) >= 11 is 0. The van der Waals surface area contributed by atoms with Gasteiger partial charge in [-0.2, -0.15) is 18.2 Å². The van der Waals surface area contributed by atoms with Gasteiger partial charge in [0.2, 0.25) is 5.95 Å². The van der Waals surface area contributed by atoms with E-state index in [2.05, 4.69) is 25.3 Å². The standard InChI is InChI=1S/C16H17F3N4O3/c1-4-20-15-22-12(16(17,18)19)8-13(23-15)21-10-7-9(14(24)26-3)5-6-11(10)25-2/h5-8H,4H2,1-3H3,(H2,20,21,22,23). The summed E-state index contributed by atoms with van der Waals surface area (Å²) in [6, 6.07) is 5.13. The molecule has 0 aliphatic heterocycles. The van der Waals surface area contributed by atoms with E-state index in [1.165, 1.54) is 32.4 Å². The van der Waals surface area contributed by atoms with Crippen molar-refractivity contribution in [3.63, 3.8) is 0 Å². The van der Waals surface area contributed by atoms with Crippen LogP contribution in [0.3, 0.4) is 0 Å². The van der Waals surface area contributed by atoms with Crippen molar-refractivity contribution in [1.82, 2.24) is 9.97 Å². The van der Waals surface area contributed by atoms with Crippen molar-refractivity contribution in [2.75, 3.05) is 31.4 Å². The number of carbonyl (C=O) groups excluding carboxylic acids is 1. The third-order valence-electron chi connectivity index (χ3n) is 3.23. The Labute approximate surface area is 147 Å². The van der Waals surface area contributed by atoms with Crippen LogP contribution in [-0.4, -0.2) is 36.7 Å². The van der Waals surface area contributed by atoms with Gasteiger partial charge in [0.1, 0.15) is 11.6 Å². The first-order valence-corrected chi connectivity index (χ1v) is 7.52. The van der Waals surface area contributed by atoms with Crippen LogP contribution in [0.2, 0.25) is 0 Å². The number of benzene rings is 1. The molecule has 2 N–H and O–H groups in total. The summed E-state index contributed by atoms with van der Waals surface area (Å²) in [6.07, 6.45) is -4.64. The molecular formula is C16H17F3N4O3. The van der Waals surface area contributed by atoms with Gasteiger partial charge in [0.15, 0.2) is 5.69 Å². The smallest absolute Gasteiger partial charge is 0.433 e. The Bertz CT molecular complexity index is 797. The number of nitrogens with one attached hydrogen (secondary N) is 2. The number of methoxy groups -OCH3 is 2. The number of hydrogen-bond donors (Lipinski definition) is 2. The van der Waals surface area contributed by atoms with Crippen LogP contribution in [0.25, 0.3) is 0 Å². The molecule has 140 valence electrons. The van der Waals surface area contributed by atoms with Crippen LogP contribution in [-0.2, 0) is 10.9 Å². The fourth-order valence-electron chi connectivity index (χ4n) is 2.08. The highest BCUT2D eigenvalue weighted by atomic mass is 19.4. The summed E-state index contributed by atoms with van der Waals surface area (Å²) < 4.78 is 49.0. The lowest BCUT2D eigenvalue weighted by Crippen LogP contribution is -2.13. The van der Waals surface area contributed by atoms with E-state index >= 15 is 0 Å². The summed E-state index contributed by atoms with van der Waals surface area (Å²) in [5.41, 5.74) is -0.647. The Hall–Kier alpha value is -3.04. The van der Waals surface area contributed by atoms with Crippen LogP contribution in [0.5, 0.6) is 5.75 Å². The molecule has 0 unspecified atom stereocenters. The maximum Gasteiger partial charge on any atom is 0.433 e. The molecule has 0 saturated heterocycles. The Morgan fingerprint density at radius 1 is 1.19 bits per heavy atom. The molecule has 0 fully saturated rings. The minimum Gasteiger partial charge on any atom is -0.495 e. The van der Waals surface area contributed by atoms with Gasteiger partial charge < -0.3 is 20.1 Å². The maximum absolute atomic E-state index is 13.1. The Morgan fingerprint density at radius 2 is 1.92 bits per heavy atom. The van der Waals surface area contributed by atoms with Crippen LogP contribution >= 0.6 is 0 Å². The van der Waals surface area contributed by atoms with Gasteiger partial charge in [0.25, 0.3) is 0 Å². The van der Waals surface area contributed by atoms with Crippen molar-refractivity contribution in [3.8, 4) is 5.75 Å². The van der Waals surface area contributed by atoms with E-state index in [9.17, 15) is 18.0 Å². The van der Waals surface area contributed by atoms with Crippen LogP contribution < -0.4 is 15.4 Å². The zero-order valence-corrected chi connectivity index (χ0v) is 14.3. The molecule has 0 atom stereocenters. The molecule has 2 aromatic rings. The van der Waals surface area contributed by atoms with Gasteiger partial charge in [-0.15, -0.1) is 0 Å². The Morgan fingerprint density at radius 3 is 2.50 bits per heavy atom. The van der Waals surface area contributed by atoms with Crippen molar-refractivity contribution >= 4 is 23.4 Å². The summed E-state index contributed by atoms with van der Waals surface area (Å²) in [5, 5.41) is 5.38. The molecular weight excluding hydrogens is 353 g/mol. The van der Waals surface area contributed by atoms with E-state index in [-0.39, 0.29) is 23.0 Å². The molecule has 0 spiro atoms. The zero-order chi connectivity index (χ0) is 19.3. The average Bonchev–Trinajstić information content (AvgIpc) is 2.60. The predicted molar refractivity (Wildman–Crippen MR) is 88.8 cm³/mol. The zero-order valence-electron chi connectivity index (χ0n) is 14.3. The molecule has 0 radical (unpaired) electrons. The molecule has 1 aromatic carbocycles. The normalized spacial score (nSPS) is 11.0. The SMILES string of the molecule is CCNc1nc(Nc2cc(C(=O)OC)ccc2OC)cc(C(F)(F)F)n1. The van der Waals surface area contributed by atoms with Crippen molar-refractivity contribution in [1.29, 1.82) is 0 Å². The molecule has 0 aliphatic carbocycles. The summed E-state index contributed by atoms with van der Waals surface area (Å²) in [5.74, 6) is -0.561. The van der Waals surface area contributed by atoms with Gasteiger partial charge in [-0.3, -0.25) is 0 Å². The number of halogens is 3. The van der Waals surface area contributed by atoms with Gasteiger partial charge in [0.05, 0.1) is 25.5 Å². The van der Waals surface area contributed by atoms with E-state index in [0.717, 1.165) is 6.07 Å². The van der Waals surface area contributed by atoms with Crippen molar-refractivity contribution in [2.45, 2.75) is 13.1 Å². The highest BCUT2D eigenvalue weighted by Gasteiger charge is 2.33. The van der Waals surface area contributed by atoms with E-state index in [1.54, 1.807) is 6.92 Å². The van der Waals surface area contributed by atoms with Crippen LogP contribution in [0.15, 0.2) is 24.3 Å². The predicted octanol–water partition coefficient (Wildman–Crippen LogP) is 3.47. The molecule has 26 heavy (non-hydrogen) atoms. The van der Waals surface area contributed by atoms with Crippen molar-refractivity contribution < 1.29 is 27.4 Å². The number of alkyl halides is 3. The van der Waals surface area contributed by atoms with Crippen molar-refractivity contribution in [2.24, 2.45) is 0 Å². The Kier molecular flexibility index (Phi) is 5.86. The second kappa shape index (κ2) is 7.89. The minimum absolute atomic E-state index is 0.108. The number of carbonyl (C=O) groups is 1. The summed E-state index contributed by atoms with van der Waals surface area (Å²) in [4.78, 5) is 19.1. The number of hydrogen-bond acceptors (Lipinski definition) is 7. The van der Waals surface area contributed by atoms with Crippen molar-refractivity contribution in [3.05, 3.63) is 35.5 Å². The fourth-order valence-corrected chi connectivity index (χ4v) is 2.08. The van der Waals surface area contributed by atoms with Gasteiger partial charge in [-0.05, 0) is 25.1 Å². The molecule has 0 aliphatic rings. The van der Waals surface area contributed by atoms with E-state index in [1.807, 2.05) is 0 Å². The quantitative estimate of drug-likeness (QED) is 0.753. The number of aromatic nitrogens is 2. The average molecular weight is 370 g/mol. The third kappa shape index (κ3) is 4.52. The van der Waals surface area contributed by atoms with Gasteiger partial charge in [0, 0.05) is 12.6 Å². The maximum atomic E-state index is 13.1. The van der Waals surface area contributed by atoms with E-state index in [4.69, 9.17) is 4.74 Å². The highest BCUT2D eigenvalue weighted by Crippen LogP contribution is 2.32. The molecule has 7 nitrogen and oxygen atoms in total. The lowest BCUT2D eigenvalue weighted by molar-refractivity contribution is -0.141. The number of rotatable bonds is 6. The first-order chi connectivity index (χ1) is 12.3. The first-order valence-electron chi connectivity index (χ1n) is 7.52. The van der Waals surface area contributed by atoms with Crippen LogP contribution in [0.1, 0.15) is 23.0 Å². The fraction of sp³-hybridized carbons (Fsp3) is 0.312. The minimum atomic E-state index is -4.64. The molecule has 10 heteroatoms. The monoisotopic (exact) mass is 370 g/mol. The van der Waals surface area contributed by atoms with E-state index < -0.39 is 17.8 Å².